The van der Waals surface area contributed by atoms with Gasteiger partial charge in [0, 0.05) is 32.9 Å². The molecule has 0 atom stereocenters. The van der Waals surface area contributed by atoms with E-state index in [1.54, 1.807) is 0 Å². The van der Waals surface area contributed by atoms with Crippen molar-refractivity contribution in [1.82, 2.24) is 9.13 Å². The molecule has 2 aromatic heterocycles. The van der Waals surface area contributed by atoms with Crippen molar-refractivity contribution in [2.24, 2.45) is 0 Å². The average Bonchev–Trinajstić information content (AvgIpc) is 3.88. The molecule has 3 heteroatoms. The van der Waals surface area contributed by atoms with Gasteiger partial charge in [0.1, 0.15) is 0 Å². The second-order valence-electron chi connectivity index (χ2n) is 16.4. The molecule has 2 nitrogen and oxygen atoms in total. The first-order valence-corrected chi connectivity index (χ1v) is 23.8. The minimum absolute atomic E-state index is 1.14. The van der Waals surface area contributed by atoms with Crippen LogP contribution in [0.5, 0.6) is 0 Å². The zero-order chi connectivity index (χ0) is 41.7. The Morgan fingerprint density at radius 1 is 0.270 bits per heavy atom. The maximum Gasteiger partial charge on any atom is 0.182 e. The molecule has 0 saturated carbocycles. The van der Waals surface area contributed by atoms with Crippen molar-refractivity contribution in [1.29, 1.82) is 0 Å². The molecule has 12 rings (SSSR count). The van der Waals surface area contributed by atoms with Crippen LogP contribution >= 0.6 is 0 Å². The van der Waals surface area contributed by atoms with Crippen molar-refractivity contribution in [3.05, 3.63) is 255 Å². The van der Waals surface area contributed by atoms with Gasteiger partial charge in [0.2, 0.25) is 0 Å². The molecule has 0 bridgehead atoms. The van der Waals surface area contributed by atoms with E-state index >= 15 is 0 Å². The van der Waals surface area contributed by atoms with E-state index in [4.69, 9.17) is 0 Å². The van der Waals surface area contributed by atoms with E-state index in [1.165, 1.54) is 86.6 Å². The summed E-state index contributed by atoms with van der Waals surface area (Å²) in [6.07, 6.45) is 0. The minimum atomic E-state index is -3.11. The third-order valence-corrected chi connectivity index (χ3v) is 17.9. The number of fused-ring (bicyclic) bond motifs is 6. The summed E-state index contributed by atoms with van der Waals surface area (Å²) in [6.45, 7) is 0. The minimum Gasteiger partial charge on any atom is -0.309 e. The number of para-hydroxylation sites is 2. The lowest BCUT2D eigenvalue weighted by Gasteiger charge is -2.37. The Hall–Kier alpha value is -7.98. The summed E-state index contributed by atoms with van der Waals surface area (Å²) in [4.78, 5) is 0. The van der Waals surface area contributed by atoms with Gasteiger partial charge in [-0.2, -0.15) is 0 Å². The predicted octanol–water partition coefficient (Wildman–Crippen LogP) is 12.6. The van der Waals surface area contributed by atoms with Crippen molar-refractivity contribution < 1.29 is 0 Å². The molecule has 0 amide bonds. The summed E-state index contributed by atoms with van der Waals surface area (Å²) >= 11 is 0. The third kappa shape index (κ3) is 5.85. The maximum absolute atomic E-state index is 3.11. The molecule has 0 radical (unpaired) electrons. The molecule has 0 N–H and O–H groups in total. The van der Waals surface area contributed by atoms with Gasteiger partial charge in [-0.15, -0.1) is 0 Å². The average molecular weight is 819 g/mol. The number of benzene rings is 10. The fourth-order valence-corrected chi connectivity index (χ4v) is 15.6. The summed E-state index contributed by atoms with van der Waals surface area (Å²) < 4.78 is 5.02. The first-order chi connectivity index (χ1) is 31.3. The van der Waals surface area contributed by atoms with Gasteiger partial charge in [0.05, 0.1) is 22.1 Å². The first kappa shape index (κ1) is 36.8. The molecule has 0 spiro atoms. The Kier molecular flexibility index (Phi) is 8.87. The lowest BCUT2D eigenvalue weighted by atomic mass is 10.0. The van der Waals surface area contributed by atoms with Crippen LogP contribution in [0.1, 0.15) is 0 Å². The Morgan fingerprint density at radius 2 is 0.730 bits per heavy atom. The molecule has 10 aromatic carbocycles. The lowest BCUT2D eigenvalue weighted by molar-refractivity contribution is 1.17. The highest BCUT2D eigenvalue weighted by Gasteiger charge is 2.45. The Balaban J connectivity index is 1.23. The van der Waals surface area contributed by atoms with Crippen LogP contribution in [0.4, 0.5) is 0 Å². The molecule has 63 heavy (non-hydrogen) atoms. The van der Waals surface area contributed by atoms with Crippen LogP contribution in [-0.4, -0.2) is 17.2 Å². The van der Waals surface area contributed by atoms with Gasteiger partial charge in [-0.05, 0) is 85.5 Å². The quantitative estimate of drug-likeness (QED) is 0.107. The highest BCUT2D eigenvalue weighted by molar-refractivity contribution is 7.21. The number of rotatable bonds is 8. The monoisotopic (exact) mass is 818 g/mol. The van der Waals surface area contributed by atoms with Crippen molar-refractivity contribution >= 4 is 72.4 Å². The van der Waals surface area contributed by atoms with Crippen molar-refractivity contribution in [3.63, 3.8) is 0 Å². The van der Waals surface area contributed by atoms with Gasteiger partial charge in [-0.3, -0.25) is 0 Å². The largest absolute Gasteiger partial charge is 0.309 e. The fraction of sp³-hybridized carbons (Fsp3) is 0. The standard InChI is InChI=1S/C60H42N2Si/c1-6-21-43(22-7-1)45-25-20-26-46(41-45)61-56-35-18-17-34-53(56)55-42-47(37-40-58(55)61)62-57-36-19-16-33-52(57)54-39-38-51(44-23-8-2-9-24-44)60(59(54)62)63(48-27-10-3-11-28-48,49-29-12-4-13-30-49)50-31-14-5-15-32-50/h1-42H. The smallest absolute Gasteiger partial charge is 0.182 e. The van der Waals surface area contributed by atoms with Crippen molar-refractivity contribution in [3.8, 4) is 33.6 Å². The van der Waals surface area contributed by atoms with Crippen LogP contribution in [0.3, 0.4) is 0 Å². The van der Waals surface area contributed by atoms with E-state index < -0.39 is 8.07 Å². The van der Waals surface area contributed by atoms with Gasteiger partial charge in [-0.25, -0.2) is 0 Å². The Morgan fingerprint density at radius 3 is 1.33 bits per heavy atom. The zero-order valence-electron chi connectivity index (χ0n) is 34.6. The van der Waals surface area contributed by atoms with E-state index in [0.717, 1.165) is 11.4 Å². The van der Waals surface area contributed by atoms with Gasteiger partial charge >= 0.3 is 0 Å². The topological polar surface area (TPSA) is 9.86 Å². The predicted molar refractivity (Wildman–Crippen MR) is 270 cm³/mol. The lowest BCUT2D eigenvalue weighted by Crippen LogP contribution is -2.75. The van der Waals surface area contributed by atoms with Crippen molar-refractivity contribution in [2.75, 3.05) is 0 Å². The summed E-state index contributed by atoms with van der Waals surface area (Å²) in [6, 6.07) is 94.5. The Labute approximate surface area is 368 Å². The number of aromatic nitrogens is 2. The number of nitrogens with zero attached hydrogens (tertiary/aromatic N) is 2. The highest BCUT2D eigenvalue weighted by Crippen LogP contribution is 2.39. The van der Waals surface area contributed by atoms with Crippen LogP contribution in [0.2, 0.25) is 0 Å². The molecule has 0 saturated heterocycles. The summed E-state index contributed by atoms with van der Waals surface area (Å²) in [5.41, 5.74) is 12.0. The van der Waals surface area contributed by atoms with E-state index in [-0.39, 0.29) is 0 Å². The fourth-order valence-electron chi connectivity index (χ4n) is 10.4. The second kappa shape index (κ2) is 15.2. The van der Waals surface area contributed by atoms with Crippen molar-refractivity contribution in [2.45, 2.75) is 0 Å². The molecular formula is C60H42N2Si. The Bertz CT molecular complexity index is 3500. The third-order valence-electron chi connectivity index (χ3n) is 13.0. The van der Waals surface area contributed by atoms with E-state index in [1.807, 2.05) is 0 Å². The van der Waals surface area contributed by atoms with Crippen LogP contribution in [0.15, 0.2) is 255 Å². The zero-order valence-corrected chi connectivity index (χ0v) is 35.6. The van der Waals surface area contributed by atoms with E-state index in [0.29, 0.717) is 0 Å². The molecule has 0 fully saturated rings. The van der Waals surface area contributed by atoms with Gasteiger partial charge in [0.15, 0.2) is 8.07 Å². The first-order valence-electron chi connectivity index (χ1n) is 21.8. The summed E-state index contributed by atoms with van der Waals surface area (Å²) in [5, 5.41) is 10.4. The molecule has 0 aliphatic carbocycles. The summed E-state index contributed by atoms with van der Waals surface area (Å²) in [5.74, 6) is 0. The molecule has 2 heterocycles. The van der Waals surface area contributed by atoms with Gasteiger partial charge < -0.3 is 9.13 Å². The number of hydrogen-bond acceptors (Lipinski definition) is 0. The molecular weight excluding hydrogens is 777 g/mol. The normalized spacial score (nSPS) is 11.8. The molecule has 12 aromatic rings. The van der Waals surface area contributed by atoms with Crippen LogP contribution < -0.4 is 20.7 Å². The van der Waals surface area contributed by atoms with Gasteiger partial charge in [0.25, 0.3) is 0 Å². The highest BCUT2D eigenvalue weighted by atomic mass is 28.3. The molecule has 0 aliphatic rings. The van der Waals surface area contributed by atoms with Crippen LogP contribution in [-0.2, 0) is 0 Å². The van der Waals surface area contributed by atoms with E-state index in [9.17, 15) is 0 Å². The van der Waals surface area contributed by atoms with Crippen LogP contribution in [0.25, 0.3) is 77.2 Å². The maximum atomic E-state index is 2.59. The SMILES string of the molecule is c1ccc(-c2cccc(-n3c4ccccc4c4cc(-n5c6ccccc6c6ccc(-c7ccccc7)c([Si](c7ccccc7)(c7ccccc7)c7ccccc7)c65)ccc43)c2)cc1. The van der Waals surface area contributed by atoms with Gasteiger partial charge in [-0.1, -0.05) is 212 Å². The molecule has 0 aliphatic heterocycles. The second-order valence-corrected chi connectivity index (χ2v) is 20.2. The van der Waals surface area contributed by atoms with E-state index in [2.05, 4.69) is 264 Å². The molecule has 0 unspecified atom stereocenters. The molecule has 296 valence electrons. The summed E-state index contributed by atoms with van der Waals surface area (Å²) in [7, 11) is -3.11. The number of hydrogen-bond donors (Lipinski definition) is 0. The van der Waals surface area contributed by atoms with Crippen LogP contribution in [0, 0.1) is 0 Å².